The van der Waals surface area contributed by atoms with Crippen LogP contribution in [0.25, 0.3) is 5.70 Å². The summed E-state index contributed by atoms with van der Waals surface area (Å²) in [6, 6.07) is 10.9. The lowest BCUT2D eigenvalue weighted by Gasteiger charge is -2.28. The molecule has 1 atom stereocenters. The highest BCUT2D eigenvalue weighted by atomic mass is 19.4. The predicted octanol–water partition coefficient (Wildman–Crippen LogP) is 6.56. The second kappa shape index (κ2) is 8.31. The highest BCUT2D eigenvalue weighted by molar-refractivity contribution is 6.08. The van der Waals surface area contributed by atoms with Gasteiger partial charge in [0.25, 0.3) is 0 Å². The number of nitrogens with one attached hydrogen (secondary N) is 2. The topological polar surface area (TPSA) is 36.4 Å². The Morgan fingerprint density at radius 3 is 2.45 bits per heavy atom. The summed E-state index contributed by atoms with van der Waals surface area (Å²) >= 11 is 0. The van der Waals surface area contributed by atoms with E-state index in [4.69, 9.17) is 0 Å². The van der Waals surface area contributed by atoms with Crippen LogP contribution in [0, 0.1) is 24.4 Å². The summed E-state index contributed by atoms with van der Waals surface area (Å²) in [5.41, 5.74) is -0.0601. The van der Waals surface area contributed by atoms with Gasteiger partial charge in [0.1, 0.15) is 29.5 Å². The molecule has 170 valence electrons. The van der Waals surface area contributed by atoms with Crippen molar-refractivity contribution in [3.63, 3.8) is 0 Å². The molecule has 2 N–H and O–H groups in total. The van der Waals surface area contributed by atoms with Crippen molar-refractivity contribution in [3.05, 3.63) is 106 Å². The summed E-state index contributed by atoms with van der Waals surface area (Å²) in [5, 5.41) is 5.80. The third-order valence-corrected chi connectivity index (χ3v) is 5.25. The van der Waals surface area contributed by atoms with Crippen molar-refractivity contribution >= 4 is 17.2 Å². The van der Waals surface area contributed by atoms with Gasteiger partial charge in [-0.2, -0.15) is 13.2 Å². The number of aliphatic imine (C=N–C) groups is 1. The summed E-state index contributed by atoms with van der Waals surface area (Å²) in [6.07, 6.45) is -6.02. The summed E-state index contributed by atoms with van der Waals surface area (Å²) in [5.74, 6) is -2.45. The molecule has 3 nitrogen and oxygen atoms in total. The van der Waals surface area contributed by atoms with Crippen LogP contribution in [-0.4, -0.2) is 5.84 Å². The zero-order valence-corrected chi connectivity index (χ0v) is 17.2. The van der Waals surface area contributed by atoms with Crippen molar-refractivity contribution < 1.29 is 26.3 Å². The van der Waals surface area contributed by atoms with Crippen LogP contribution in [0.1, 0.15) is 34.0 Å². The average Bonchev–Trinajstić information content (AvgIpc) is 2.75. The van der Waals surface area contributed by atoms with Crippen LogP contribution < -0.4 is 10.6 Å². The number of nitrogens with zero attached hydrogens (tertiary/aromatic N) is 1. The number of amidine groups is 1. The highest BCUT2D eigenvalue weighted by Gasteiger charge is 2.37. The van der Waals surface area contributed by atoms with E-state index in [-0.39, 0.29) is 28.2 Å². The second-order valence-electron chi connectivity index (χ2n) is 7.46. The lowest BCUT2D eigenvalue weighted by atomic mass is 10.0. The molecule has 4 rings (SSSR count). The number of rotatable bonds is 3. The van der Waals surface area contributed by atoms with Gasteiger partial charge in [0.05, 0.1) is 5.56 Å². The molecule has 0 bridgehead atoms. The SMILES string of the molecule is C=C(NC1=NC(c2ccc(F)cc2C(F)(F)F)Nc2ccccc21)c1cc(F)cc(F)c1C. The summed E-state index contributed by atoms with van der Waals surface area (Å²) in [4.78, 5) is 4.36. The third kappa shape index (κ3) is 4.44. The molecule has 3 aromatic rings. The molecule has 0 radical (unpaired) electrons. The number of benzene rings is 3. The molecule has 3 aromatic carbocycles. The Labute approximate surface area is 185 Å². The van der Waals surface area contributed by atoms with E-state index >= 15 is 0 Å². The van der Waals surface area contributed by atoms with Gasteiger partial charge in [-0.3, -0.25) is 0 Å². The molecule has 33 heavy (non-hydrogen) atoms. The van der Waals surface area contributed by atoms with E-state index < -0.39 is 35.4 Å². The van der Waals surface area contributed by atoms with Crippen molar-refractivity contribution in [2.24, 2.45) is 4.99 Å². The van der Waals surface area contributed by atoms with Gasteiger partial charge in [-0.05, 0) is 42.8 Å². The van der Waals surface area contributed by atoms with Crippen LogP contribution in [0.15, 0.2) is 66.2 Å². The van der Waals surface area contributed by atoms with Gasteiger partial charge < -0.3 is 10.6 Å². The number of alkyl halides is 3. The van der Waals surface area contributed by atoms with E-state index in [2.05, 4.69) is 22.2 Å². The van der Waals surface area contributed by atoms with Crippen LogP contribution >= 0.6 is 0 Å². The summed E-state index contributed by atoms with van der Waals surface area (Å²) < 4.78 is 82.1. The molecular weight excluding hydrogens is 444 g/mol. The zero-order valence-electron chi connectivity index (χ0n) is 17.2. The molecule has 1 unspecified atom stereocenters. The van der Waals surface area contributed by atoms with Gasteiger partial charge in [-0.1, -0.05) is 24.8 Å². The van der Waals surface area contributed by atoms with E-state index in [0.717, 1.165) is 24.3 Å². The first kappa shape index (κ1) is 22.4. The molecule has 0 fully saturated rings. The second-order valence-corrected chi connectivity index (χ2v) is 7.46. The fourth-order valence-corrected chi connectivity index (χ4v) is 3.62. The Kier molecular flexibility index (Phi) is 5.65. The standard InChI is InChI=1S/C24H17F6N3/c1-12-18(9-15(26)11-20(12)27)13(2)31-23-17-5-3-4-6-21(17)32-22(33-23)16-8-7-14(25)10-19(16)24(28,29)30/h3-11,22,32H,2H2,1H3,(H,31,33). The summed E-state index contributed by atoms with van der Waals surface area (Å²) in [6.45, 7) is 5.28. The van der Waals surface area contributed by atoms with Crippen molar-refractivity contribution in [3.8, 4) is 0 Å². The Morgan fingerprint density at radius 1 is 1.00 bits per heavy atom. The molecule has 0 saturated heterocycles. The molecule has 0 spiro atoms. The monoisotopic (exact) mass is 461 g/mol. The van der Waals surface area contributed by atoms with Gasteiger partial charge in [-0.25, -0.2) is 18.2 Å². The number of para-hydroxylation sites is 1. The minimum absolute atomic E-state index is 0.107. The van der Waals surface area contributed by atoms with Crippen molar-refractivity contribution in [2.45, 2.75) is 19.3 Å². The smallest absolute Gasteiger partial charge is 0.359 e. The maximum atomic E-state index is 14.0. The molecule has 0 amide bonds. The minimum atomic E-state index is -4.81. The quantitative estimate of drug-likeness (QED) is 0.434. The van der Waals surface area contributed by atoms with E-state index in [1.165, 1.54) is 6.92 Å². The molecule has 0 saturated carbocycles. The maximum Gasteiger partial charge on any atom is 0.416 e. The normalized spacial score (nSPS) is 15.4. The molecule has 1 aliphatic rings. The number of hydrogen-bond donors (Lipinski definition) is 2. The third-order valence-electron chi connectivity index (χ3n) is 5.25. The van der Waals surface area contributed by atoms with E-state index in [1.807, 2.05) is 0 Å². The number of anilines is 1. The lowest BCUT2D eigenvalue weighted by Crippen LogP contribution is -2.30. The Morgan fingerprint density at radius 2 is 1.73 bits per heavy atom. The van der Waals surface area contributed by atoms with Gasteiger partial charge in [-0.15, -0.1) is 0 Å². The number of halogens is 6. The highest BCUT2D eigenvalue weighted by Crippen LogP contribution is 2.38. The summed E-state index contributed by atoms with van der Waals surface area (Å²) in [7, 11) is 0. The minimum Gasteiger partial charge on any atom is -0.359 e. The molecule has 0 aromatic heterocycles. The van der Waals surface area contributed by atoms with Crippen LogP contribution in [0.3, 0.4) is 0 Å². The first-order chi connectivity index (χ1) is 15.5. The molecule has 1 aliphatic heterocycles. The Bertz CT molecular complexity index is 1280. The fourth-order valence-electron chi connectivity index (χ4n) is 3.62. The molecule has 9 heteroatoms. The van der Waals surface area contributed by atoms with Crippen molar-refractivity contribution in [2.75, 3.05) is 5.32 Å². The Balaban J connectivity index is 1.78. The maximum absolute atomic E-state index is 14.0. The number of hydrogen-bond acceptors (Lipinski definition) is 3. The van der Waals surface area contributed by atoms with Crippen LogP contribution in [0.2, 0.25) is 0 Å². The fraction of sp³-hybridized carbons (Fsp3) is 0.125. The lowest BCUT2D eigenvalue weighted by molar-refractivity contribution is -0.138. The number of fused-ring (bicyclic) bond motifs is 1. The van der Waals surface area contributed by atoms with Gasteiger partial charge in [0.15, 0.2) is 0 Å². The van der Waals surface area contributed by atoms with Crippen LogP contribution in [-0.2, 0) is 6.18 Å². The van der Waals surface area contributed by atoms with Gasteiger partial charge in [0.2, 0.25) is 0 Å². The van der Waals surface area contributed by atoms with Crippen LogP contribution in [0.4, 0.5) is 32.0 Å². The van der Waals surface area contributed by atoms with Crippen LogP contribution in [0.5, 0.6) is 0 Å². The first-order valence-corrected chi connectivity index (χ1v) is 9.77. The van der Waals surface area contributed by atoms with Gasteiger partial charge in [0, 0.05) is 34.1 Å². The molecule has 0 aliphatic carbocycles. The Hall–Kier alpha value is -3.75. The molecule has 1 heterocycles. The van der Waals surface area contributed by atoms with E-state index in [0.29, 0.717) is 17.3 Å². The zero-order chi connectivity index (χ0) is 23.9. The largest absolute Gasteiger partial charge is 0.416 e. The van der Waals surface area contributed by atoms with Gasteiger partial charge >= 0.3 is 6.18 Å². The first-order valence-electron chi connectivity index (χ1n) is 9.77. The molecular formula is C24H17F6N3. The average molecular weight is 461 g/mol. The van der Waals surface area contributed by atoms with Crippen molar-refractivity contribution in [1.82, 2.24) is 5.32 Å². The van der Waals surface area contributed by atoms with E-state index in [9.17, 15) is 26.3 Å². The van der Waals surface area contributed by atoms with E-state index in [1.54, 1.807) is 24.3 Å². The predicted molar refractivity (Wildman–Crippen MR) is 114 cm³/mol. The van der Waals surface area contributed by atoms with Crippen molar-refractivity contribution in [1.29, 1.82) is 0 Å².